The normalized spacial score (nSPS) is 14.5. The minimum atomic E-state index is -0.750. The zero-order valence-electron chi connectivity index (χ0n) is 19.9. The first-order chi connectivity index (χ1) is 14.0. The van der Waals surface area contributed by atoms with Crippen molar-refractivity contribution in [3.8, 4) is 11.5 Å². The Bertz CT molecular complexity index is 739. The van der Waals surface area contributed by atoms with Crippen LogP contribution >= 0.6 is 0 Å². The molecule has 3 heteroatoms. The molecule has 1 unspecified atom stereocenters. The quantitative estimate of drug-likeness (QED) is 0.248. The lowest BCUT2D eigenvalue weighted by Gasteiger charge is -2.23. The van der Waals surface area contributed by atoms with E-state index >= 15 is 0 Å². The number of aromatic hydroxyl groups is 2. The highest BCUT2D eigenvalue weighted by molar-refractivity contribution is 5.46. The highest BCUT2D eigenvalue weighted by Crippen LogP contribution is 2.31. The first-order valence-corrected chi connectivity index (χ1v) is 11.2. The van der Waals surface area contributed by atoms with Crippen LogP contribution < -0.4 is 0 Å². The van der Waals surface area contributed by atoms with E-state index in [0.717, 1.165) is 37.7 Å². The van der Waals surface area contributed by atoms with Crippen LogP contribution in [0.1, 0.15) is 90.7 Å². The number of phenolic OH excluding ortho intramolecular Hbond substituents is 2. The number of hydrogen-bond donors (Lipinski definition) is 3. The summed E-state index contributed by atoms with van der Waals surface area (Å²) in [5.74, 6) is -0.159. The van der Waals surface area contributed by atoms with Crippen molar-refractivity contribution in [2.75, 3.05) is 0 Å². The summed E-state index contributed by atoms with van der Waals surface area (Å²) in [5.41, 5.74) is 5.05. The van der Waals surface area contributed by atoms with Crippen LogP contribution in [-0.4, -0.2) is 20.9 Å². The zero-order chi connectivity index (χ0) is 22.7. The second kappa shape index (κ2) is 12.6. The lowest BCUT2D eigenvalue weighted by molar-refractivity contribution is 0.0432. The second-order valence-corrected chi connectivity index (χ2v) is 9.28. The fourth-order valence-corrected chi connectivity index (χ4v) is 3.49. The molecule has 0 radical (unpaired) electrons. The Labute approximate surface area is 183 Å². The molecular weight excluding hydrogens is 372 g/mol. The minimum Gasteiger partial charge on any atom is -0.504 e. The molecule has 0 saturated carbocycles. The average molecular weight is 415 g/mol. The Morgan fingerprint density at radius 3 is 2.00 bits per heavy atom. The van der Waals surface area contributed by atoms with Crippen molar-refractivity contribution in [1.29, 1.82) is 0 Å². The van der Waals surface area contributed by atoms with Crippen LogP contribution in [0.4, 0.5) is 0 Å². The first-order valence-electron chi connectivity index (χ1n) is 11.2. The van der Waals surface area contributed by atoms with Gasteiger partial charge in [-0.05, 0) is 110 Å². The van der Waals surface area contributed by atoms with Gasteiger partial charge >= 0.3 is 0 Å². The predicted molar refractivity (Wildman–Crippen MR) is 128 cm³/mol. The van der Waals surface area contributed by atoms with Crippen molar-refractivity contribution in [1.82, 2.24) is 0 Å². The lowest BCUT2D eigenvalue weighted by Crippen LogP contribution is -2.24. The number of phenols is 2. The van der Waals surface area contributed by atoms with E-state index in [2.05, 4.69) is 45.9 Å². The van der Waals surface area contributed by atoms with Gasteiger partial charge in [0.15, 0.2) is 11.5 Å². The molecule has 0 aliphatic carbocycles. The zero-order valence-corrected chi connectivity index (χ0v) is 19.9. The third kappa shape index (κ3) is 10.7. The predicted octanol–water partition coefficient (Wildman–Crippen LogP) is 7.29. The maximum Gasteiger partial charge on any atom is 0.160 e. The Morgan fingerprint density at radius 2 is 1.43 bits per heavy atom. The van der Waals surface area contributed by atoms with Gasteiger partial charge < -0.3 is 15.3 Å². The monoisotopic (exact) mass is 414 g/mol. The second-order valence-electron chi connectivity index (χ2n) is 9.28. The van der Waals surface area contributed by atoms with E-state index < -0.39 is 5.60 Å². The summed E-state index contributed by atoms with van der Waals surface area (Å²) < 4.78 is 0. The van der Waals surface area contributed by atoms with Gasteiger partial charge in [0.05, 0.1) is 5.60 Å². The first kappa shape index (κ1) is 26.0. The topological polar surface area (TPSA) is 60.7 Å². The van der Waals surface area contributed by atoms with Gasteiger partial charge in [-0.2, -0.15) is 0 Å². The number of rotatable bonds is 12. The summed E-state index contributed by atoms with van der Waals surface area (Å²) >= 11 is 0. The van der Waals surface area contributed by atoms with Gasteiger partial charge in [0, 0.05) is 0 Å². The maximum atomic E-state index is 10.7. The van der Waals surface area contributed by atoms with Crippen LogP contribution in [0.15, 0.2) is 47.1 Å². The molecule has 0 aliphatic rings. The van der Waals surface area contributed by atoms with Gasteiger partial charge in [-0.15, -0.1) is 0 Å². The Hall–Kier alpha value is -2.00. The van der Waals surface area contributed by atoms with Gasteiger partial charge in [0.1, 0.15) is 0 Å². The number of hydrogen-bond acceptors (Lipinski definition) is 3. The summed E-state index contributed by atoms with van der Waals surface area (Å²) in [7, 11) is 0. The number of aryl methyl sites for hydroxylation is 2. The van der Waals surface area contributed by atoms with E-state index in [1.807, 2.05) is 13.0 Å². The molecule has 0 heterocycles. The molecule has 1 rings (SSSR count). The highest BCUT2D eigenvalue weighted by atomic mass is 16.3. The lowest BCUT2D eigenvalue weighted by atomic mass is 9.91. The van der Waals surface area contributed by atoms with Crippen LogP contribution in [0.5, 0.6) is 11.5 Å². The molecule has 1 aromatic carbocycles. The molecule has 0 saturated heterocycles. The molecule has 0 fully saturated rings. The van der Waals surface area contributed by atoms with Crippen LogP contribution in [0.3, 0.4) is 0 Å². The molecule has 0 bridgehead atoms. The summed E-state index contributed by atoms with van der Waals surface area (Å²) in [6.45, 7) is 12.3. The van der Waals surface area contributed by atoms with Gasteiger partial charge in [0.2, 0.25) is 0 Å². The van der Waals surface area contributed by atoms with E-state index in [1.54, 1.807) is 13.0 Å². The van der Waals surface area contributed by atoms with Crippen molar-refractivity contribution in [3.05, 3.63) is 58.2 Å². The number of allylic oxidation sites excluding steroid dienone is 6. The minimum absolute atomic E-state index is 0.0657. The van der Waals surface area contributed by atoms with Gasteiger partial charge in [-0.1, -0.05) is 41.0 Å². The molecule has 3 N–H and O–H groups in total. The molecule has 0 aliphatic heterocycles. The molecule has 1 aromatic rings. The smallest absolute Gasteiger partial charge is 0.160 e. The Kier molecular flexibility index (Phi) is 11.0. The summed E-state index contributed by atoms with van der Waals surface area (Å²) in [5, 5.41) is 30.1. The molecule has 168 valence electrons. The molecule has 0 spiro atoms. The van der Waals surface area contributed by atoms with Gasteiger partial charge in [0.25, 0.3) is 0 Å². The summed E-state index contributed by atoms with van der Waals surface area (Å²) in [4.78, 5) is 0. The van der Waals surface area contributed by atoms with E-state index in [4.69, 9.17) is 0 Å². The fourth-order valence-electron chi connectivity index (χ4n) is 3.49. The van der Waals surface area contributed by atoms with Crippen LogP contribution in [0, 0.1) is 6.92 Å². The van der Waals surface area contributed by atoms with Gasteiger partial charge in [-0.3, -0.25) is 0 Å². The molecule has 0 amide bonds. The van der Waals surface area contributed by atoms with Crippen LogP contribution in [0.25, 0.3) is 0 Å². The standard InChI is InChI=1S/C27H42O3/c1-20(2)10-7-11-21(3)12-8-13-22(4)14-9-16-27(6,30)17-15-24-18-23(5)26(29)25(28)19-24/h10,12,14,18-19,28-30H,7-9,11,13,15-17H2,1-6H3. The number of benzene rings is 1. The Morgan fingerprint density at radius 1 is 0.867 bits per heavy atom. The summed E-state index contributed by atoms with van der Waals surface area (Å²) in [6.07, 6.45) is 14.1. The molecule has 0 aromatic heterocycles. The average Bonchev–Trinajstić information content (AvgIpc) is 2.64. The Balaban J connectivity index is 2.39. The fraction of sp³-hybridized carbons (Fsp3) is 0.556. The van der Waals surface area contributed by atoms with Crippen molar-refractivity contribution >= 4 is 0 Å². The van der Waals surface area contributed by atoms with Crippen molar-refractivity contribution in [2.24, 2.45) is 0 Å². The highest BCUT2D eigenvalue weighted by Gasteiger charge is 2.19. The van der Waals surface area contributed by atoms with E-state index in [-0.39, 0.29) is 11.5 Å². The molecule has 1 atom stereocenters. The van der Waals surface area contributed by atoms with E-state index in [0.29, 0.717) is 24.8 Å². The van der Waals surface area contributed by atoms with Crippen LogP contribution in [0.2, 0.25) is 0 Å². The van der Waals surface area contributed by atoms with E-state index in [9.17, 15) is 15.3 Å². The van der Waals surface area contributed by atoms with Crippen molar-refractivity contribution in [3.63, 3.8) is 0 Å². The largest absolute Gasteiger partial charge is 0.504 e. The molecule has 3 nitrogen and oxygen atoms in total. The van der Waals surface area contributed by atoms with Crippen molar-refractivity contribution < 1.29 is 15.3 Å². The third-order valence-electron chi connectivity index (χ3n) is 5.59. The molecular formula is C27H42O3. The summed E-state index contributed by atoms with van der Waals surface area (Å²) in [6, 6.07) is 3.45. The molecule has 30 heavy (non-hydrogen) atoms. The van der Waals surface area contributed by atoms with Gasteiger partial charge in [-0.25, -0.2) is 0 Å². The maximum absolute atomic E-state index is 10.7. The SMILES string of the molecule is CC(C)=CCCC(C)=CCCC(C)=CCCC(C)(O)CCc1cc(C)c(O)c(O)c1. The number of aliphatic hydroxyl groups is 1. The van der Waals surface area contributed by atoms with Crippen LogP contribution in [-0.2, 0) is 6.42 Å². The third-order valence-corrected chi connectivity index (χ3v) is 5.59. The van der Waals surface area contributed by atoms with Crippen molar-refractivity contribution in [2.45, 2.75) is 98.5 Å². The van der Waals surface area contributed by atoms with E-state index in [1.165, 1.54) is 16.7 Å².